The average Bonchev–Trinajstić information content (AvgIpc) is 2.42. The number of ether oxygens (including phenoxy) is 2. The van der Waals surface area contributed by atoms with Gasteiger partial charge in [0.2, 0.25) is 0 Å². The van der Waals surface area contributed by atoms with Gasteiger partial charge in [-0.15, -0.1) is 0 Å². The molecule has 0 N–H and O–H groups in total. The largest absolute Gasteiger partial charge is 0.496 e. The summed E-state index contributed by atoms with van der Waals surface area (Å²) in [6.45, 7) is 6.78. The van der Waals surface area contributed by atoms with Gasteiger partial charge in [0, 0.05) is 0 Å². The number of methoxy groups -OCH3 is 1. The molecule has 0 aromatic heterocycles. The number of hydrogen-bond acceptors (Lipinski definition) is 2. The van der Waals surface area contributed by atoms with Crippen LogP contribution in [0.4, 0.5) is 0 Å². The maximum absolute atomic E-state index is 5.89. The van der Waals surface area contributed by atoms with Crippen LogP contribution in [0, 0.1) is 20.8 Å². The van der Waals surface area contributed by atoms with Crippen molar-refractivity contribution in [3.63, 3.8) is 0 Å². The molecular weight excluding hydrogens is 236 g/mol. The van der Waals surface area contributed by atoms with Crippen molar-refractivity contribution in [2.45, 2.75) is 27.4 Å². The number of aryl methyl sites for hydroxylation is 1. The zero-order valence-corrected chi connectivity index (χ0v) is 12.0. The zero-order chi connectivity index (χ0) is 13.8. The molecule has 2 aromatic rings. The van der Waals surface area contributed by atoms with Crippen LogP contribution in [0.5, 0.6) is 11.5 Å². The molecule has 100 valence electrons. The summed E-state index contributed by atoms with van der Waals surface area (Å²) in [7, 11) is 1.69. The molecule has 0 saturated carbocycles. The summed E-state index contributed by atoms with van der Waals surface area (Å²) in [5.41, 5.74) is 4.70. The van der Waals surface area contributed by atoms with Gasteiger partial charge >= 0.3 is 0 Å². The number of benzene rings is 2. The van der Waals surface area contributed by atoms with E-state index in [-0.39, 0.29) is 0 Å². The first-order chi connectivity index (χ1) is 9.11. The van der Waals surface area contributed by atoms with Crippen molar-refractivity contribution in [2.75, 3.05) is 7.11 Å². The molecule has 0 amide bonds. The van der Waals surface area contributed by atoms with E-state index in [9.17, 15) is 0 Å². The monoisotopic (exact) mass is 256 g/mol. The van der Waals surface area contributed by atoms with Gasteiger partial charge in [-0.3, -0.25) is 0 Å². The highest BCUT2D eigenvalue weighted by atomic mass is 16.5. The molecule has 2 rings (SSSR count). The number of hydrogen-bond donors (Lipinski definition) is 0. The third-order valence-corrected chi connectivity index (χ3v) is 3.42. The van der Waals surface area contributed by atoms with Crippen LogP contribution in [0.15, 0.2) is 36.4 Å². The SMILES string of the molecule is COc1ccc(OCc2ccc(C)cc2)c(C)c1C. The first kappa shape index (κ1) is 13.5. The van der Waals surface area contributed by atoms with Crippen LogP contribution in [-0.2, 0) is 6.61 Å². The van der Waals surface area contributed by atoms with Gasteiger partial charge in [0.25, 0.3) is 0 Å². The Morgan fingerprint density at radius 1 is 0.789 bits per heavy atom. The van der Waals surface area contributed by atoms with Gasteiger partial charge in [-0.05, 0) is 49.6 Å². The molecule has 0 bridgehead atoms. The second-order valence-corrected chi connectivity index (χ2v) is 4.79. The fourth-order valence-corrected chi connectivity index (χ4v) is 1.99. The smallest absolute Gasteiger partial charge is 0.123 e. The van der Waals surface area contributed by atoms with Crippen molar-refractivity contribution in [3.8, 4) is 11.5 Å². The van der Waals surface area contributed by atoms with Crippen molar-refractivity contribution in [1.82, 2.24) is 0 Å². The van der Waals surface area contributed by atoms with Crippen LogP contribution in [-0.4, -0.2) is 7.11 Å². The predicted molar refractivity (Wildman–Crippen MR) is 78.0 cm³/mol. The molecular formula is C17H20O2. The molecule has 0 aliphatic carbocycles. The standard InChI is InChI=1S/C17H20O2/c1-12-5-7-15(8-6-12)11-19-17-10-9-16(18-4)13(2)14(17)3/h5-10H,11H2,1-4H3. The molecule has 0 heterocycles. The molecule has 0 radical (unpaired) electrons. The fraction of sp³-hybridized carbons (Fsp3) is 0.294. The quantitative estimate of drug-likeness (QED) is 0.816. The maximum atomic E-state index is 5.89. The van der Waals surface area contributed by atoms with Gasteiger partial charge in [0.15, 0.2) is 0 Å². The minimum absolute atomic E-state index is 0.590. The van der Waals surface area contributed by atoms with E-state index in [4.69, 9.17) is 9.47 Å². The molecule has 0 fully saturated rings. The third kappa shape index (κ3) is 3.08. The molecule has 0 spiro atoms. The fourth-order valence-electron chi connectivity index (χ4n) is 1.99. The number of rotatable bonds is 4. The highest BCUT2D eigenvalue weighted by Crippen LogP contribution is 2.29. The summed E-state index contributed by atoms with van der Waals surface area (Å²) in [5, 5.41) is 0. The molecule has 0 aliphatic heterocycles. The van der Waals surface area contributed by atoms with E-state index in [0.29, 0.717) is 6.61 Å². The highest BCUT2D eigenvalue weighted by Gasteiger charge is 2.07. The Morgan fingerprint density at radius 3 is 2.00 bits per heavy atom. The molecule has 0 saturated heterocycles. The Balaban J connectivity index is 2.11. The Morgan fingerprint density at radius 2 is 1.37 bits per heavy atom. The van der Waals surface area contributed by atoms with E-state index in [1.807, 2.05) is 19.1 Å². The Labute approximate surface area is 115 Å². The second-order valence-electron chi connectivity index (χ2n) is 4.79. The summed E-state index contributed by atoms with van der Waals surface area (Å²) in [6, 6.07) is 12.3. The molecule has 2 nitrogen and oxygen atoms in total. The van der Waals surface area contributed by atoms with Gasteiger partial charge in [0.05, 0.1) is 7.11 Å². The van der Waals surface area contributed by atoms with Gasteiger partial charge in [-0.1, -0.05) is 29.8 Å². The van der Waals surface area contributed by atoms with E-state index in [1.165, 1.54) is 11.1 Å². The van der Waals surface area contributed by atoms with Gasteiger partial charge in [0.1, 0.15) is 18.1 Å². The van der Waals surface area contributed by atoms with Crippen molar-refractivity contribution in [2.24, 2.45) is 0 Å². The molecule has 0 aliphatic rings. The lowest BCUT2D eigenvalue weighted by atomic mass is 10.1. The lowest BCUT2D eigenvalue weighted by Gasteiger charge is -2.13. The van der Waals surface area contributed by atoms with Crippen LogP contribution in [0.25, 0.3) is 0 Å². The summed E-state index contributed by atoms with van der Waals surface area (Å²) < 4.78 is 11.2. The van der Waals surface area contributed by atoms with Gasteiger partial charge in [-0.25, -0.2) is 0 Å². The van der Waals surface area contributed by atoms with E-state index in [0.717, 1.165) is 22.6 Å². The topological polar surface area (TPSA) is 18.5 Å². The van der Waals surface area contributed by atoms with E-state index < -0.39 is 0 Å². The van der Waals surface area contributed by atoms with Gasteiger partial charge in [-0.2, -0.15) is 0 Å². The highest BCUT2D eigenvalue weighted by molar-refractivity contribution is 5.47. The second kappa shape index (κ2) is 5.79. The zero-order valence-electron chi connectivity index (χ0n) is 12.0. The van der Waals surface area contributed by atoms with E-state index in [1.54, 1.807) is 7.11 Å². The Hall–Kier alpha value is -1.96. The van der Waals surface area contributed by atoms with Crippen LogP contribution in [0.2, 0.25) is 0 Å². The first-order valence-corrected chi connectivity index (χ1v) is 6.44. The first-order valence-electron chi connectivity index (χ1n) is 6.44. The molecule has 2 aromatic carbocycles. The lowest BCUT2D eigenvalue weighted by Crippen LogP contribution is -1.99. The van der Waals surface area contributed by atoms with E-state index in [2.05, 4.69) is 38.1 Å². The maximum Gasteiger partial charge on any atom is 0.123 e. The van der Waals surface area contributed by atoms with Crippen molar-refractivity contribution >= 4 is 0 Å². The summed E-state index contributed by atoms with van der Waals surface area (Å²) in [4.78, 5) is 0. The molecule has 0 atom stereocenters. The Kier molecular flexibility index (Phi) is 4.10. The summed E-state index contributed by atoms with van der Waals surface area (Å²) >= 11 is 0. The third-order valence-electron chi connectivity index (χ3n) is 3.42. The Bertz CT molecular complexity index is 556. The van der Waals surface area contributed by atoms with Crippen molar-refractivity contribution < 1.29 is 9.47 Å². The minimum Gasteiger partial charge on any atom is -0.496 e. The molecule has 2 heteroatoms. The lowest BCUT2D eigenvalue weighted by molar-refractivity contribution is 0.303. The van der Waals surface area contributed by atoms with Crippen molar-refractivity contribution in [3.05, 3.63) is 58.7 Å². The van der Waals surface area contributed by atoms with Gasteiger partial charge < -0.3 is 9.47 Å². The normalized spacial score (nSPS) is 10.3. The molecule has 0 unspecified atom stereocenters. The van der Waals surface area contributed by atoms with Crippen LogP contribution in [0.3, 0.4) is 0 Å². The predicted octanol–water partition coefficient (Wildman–Crippen LogP) is 4.20. The molecule has 19 heavy (non-hydrogen) atoms. The van der Waals surface area contributed by atoms with Crippen molar-refractivity contribution in [1.29, 1.82) is 0 Å². The van der Waals surface area contributed by atoms with Crippen LogP contribution < -0.4 is 9.47 Å². The average molecular weight is 256 g/mol. The van der Waals surface area contributed by atoms with Crippen LogP contribution in [0.1, 0.15) is 22.3 Å². The summed E-state index contributed by atoms with van der Waals surface area (Å²) in [5.74, 6) is 1.82. The summed E-state index contributed by atoms with van der Waals surface area (Å²) in [6.07, 6.45) is 0. The van der Waals surface area contributed by atoms with E-state index >= 15 is 0 Å². The van der Waals surface area contributed by atoms with Crippen LogP contribution >= 0.6 is 0 Å². The minimum atomic E-state index is 0.590.